The lowest BCUT2D eigenvalue weighted by atomic mass is 9.94. The molecule has 0 aliphatic rings. The fourth-order valence-electron chi connectivity index (χ4n) is 1.51. The van der Waals surface area contributed by atoms with E-state index in [1.54, 1.807) is 20.9 Å². The monoisotopic (exact) mass is 278 g/mol. The van der Waals surface area contributed by atoms with Crippen LogP contribution in [0.3, 0.4) is 0 Å². The van der Waals surface area contributed by atoms with Crippen molar-refractivity contribution in [3.63, 3.8) is 0 Å². The molecular formula is C12H17ClF2N2O. The highest BCUT2D eigenvalue weighted by atomic mass is 35.5. The lowest BCUT2D eigenvalue weighted by molar-refractivity contribution is -0.121. The lowest BCUT2D eigenvalue weighted by Gasteiger charge is -2.27. The summed E-state index contributed by atoms with van der Waals surface area (Å²) in [7, 11) is 1.66. The van der Waals surface area contributed by atoms with Crippen LogP contribution in [0.4, 0.5) is 8.78 Å². The van der Waals surface area contributed by atoms with Gasteiger partial charge in [0.1, 0.15) is 0 Å². The molecule has 0 saturated heterocycles. The molecule has 1 aromatic rings. The zero-order valence-electron chi connectivity index (χ0n) is 10.5. The van der Waals surface area contributed by atoms with Crippen molar-refractivity contribution in [2.24, 2.45) is 0 Å². The molecule has 0 fully saturated rings. The Morgan fingerprint density at radius 3 is 2.39 bits per heavy atom. The van der Waals surface area contributed by atoms with Gasteiger partial charge in [0.2, 0.25) is 5.91 Å². The van der Waals surface area contributed by atoms with Crippen LogP contribution in [0.2, 0.25) is 0 Å². The Kier molecular flexibility index (Phi) is 6.21. The molecule has 0 saturated carbocycles. The van der Waals surface area contributed by atoms with Crippen LogP contribution in [0.5, 0.6) is 0 Å². The van der Waals surface area contributed by atoms with E-state index < -0.39 is 17.2 Å². The van der Waals surface area contributed by atoms with Gasteiger partial charge >= 0.3 is 0 Å². The lowest BCUT2D eigenvalue weighted by Crippen LogP contribution is -2.44. The molecule has 0 aliphatic heterocycles. The molecule has 6 heteroatoms. The van der Waals surface area contributed by atoms with Gasteiger partial charge in [-0.15, -0.1) is 12.4 Å². The molecule has 1 aromatic carbocycles. The smallest absolute Gasteiger partial charge is 0.234 e. The average molecular weight is 279 g/mol. The minimum Gasteiger partial charge on any atom is -0.346 e. The summed E-state index contributed by atoms with van der Waals surface area (Å²) < 4.78 is 25.9. The maximum Gasteiger partial charge on any atom is 0.234 e. The van der Waals surface area contributed by atoms with Gasteiger partial charge in [-0.3, -0.25) is 4.79 Å². The summed E-state index contributed by atoms with van der Waals surface area (Å²) in [5, 5.41) is 5.45. The van der Waals surface area contributed by atoms with Gasteiger partial charge in [0.25, 0.3) is 0 Å². The largest absolute Gasteiger partial charge is 0.346 e. The van der Waals surface area contributed by atoms with E-state index in [0.29, 0.717) is 5.56 Å². The number of carbonyl (C=O) groups excluding carboxylic acids is 1. The first-order chi connectivity index (χ1) is 7.86. The van der Waals surface area contributed by atoms with Crippen molar-refractivity contribution < 1.29 is 13.6 Å². The summed E-state index contributed by atoms with van der Waals surface area (Å²) in [5.41, 5.74) is -0.233. The zero-order chi connectivity index (χ0) is 13.1. The summed E-state index contributed by atoms with van der Waals surface area (Å²) in [6.45, 7) is 3.63. The van der Waals surface area contributed by atoms with Crippen LogP contribution in [0.1, 0.15) is 19.4 Å². The number of nitrogens with one attached hydrogen (secondary N) is 2. The molecule has 1 rings (SSSR count). The second kappa shape index (κ2) is 6.66. The van der Waals surface area contributed by atoms with Gasteiger partial charge < -0.3 is 10.6 Å². The maximum absolute atomic E-state index is 13.1. The first kappa shape index (κ1) is 16.8. The highest BCUT2D eigenvalue weighted by Crippen LogP contribution is 2.21. The van der Waals surface area contributed by atoms with E-state index in [2.05, 4.69) is 10.6 Å². The van der Waals surface area contributed by atoms with Crippen LogP contribution in [-0.4, -0.2) is 19.5 Å². The molecule has 0 bridgehead atoms. The highest BCUT2D eigenvalue weighted by molar-refractivity contribution is 5.85. The molecule has 0 aliphatic carbocycles. The summed E-state index contributed by atoms with van der Waals surface area (Å²) in [6, 6.07) is 3.60. The molecule has 3 nitrogen and oxygen atoms in total. The van der Waals surface area contributed by atoms with Crippen molar-refractivity contribution in [3.05, 3.63) is 35.4 Å². The van der Waals surface area contributed by atoms with Gasteiger partial charge in [-0.1, -0.05) is 6.07 Å². The molecule has 0 radical (unpaired) electrons. The number of carbonyl (C=O) groups is 1. The van der Waals surface area contributed by atoms with E-state index in [1.165, 1.54) is 6.07 Å². The van der Waals surface area contributed by atoms with Gasteiger partial charge in [0.05, 0.1) is 12.1 Å². The van der Waals surface area contributed by atoms with Crippen LogP contribution in [0, 0.1) is 11.6 Å². The minimum absolute atomic E-state index is 0. The zero-order valence-corrected chi connectivity index (χ0v) is 11.3. The number of amides is 1. The Balaban J connectivity index is 0.00000289. The topological polar surface area (TPSA) is 41.1 Å². The van der Waals surface area contributed by atoms with Crippen molar-refractivity contribution in [1.82, 2.24) is 10.6 Å². The number of hydrogen-bond acceptors (Lipinski definition) is 2. The van der Waals surface area contributed by atoms with E-state index in [4.69, 9.17) is 0 Å². The average Bonchev–Trinajstić information content (AvgIpc) is 2.21. The number of rotatable bonds is 4. The molecule has 18 heavy (non-hydrogen) atoms. The summed E-state index contributed by atoms with van der Waals surface area (Å²) in [6.07, 6.45) is 0. The van der Waals surface area contributed by atoms with Crippen molar-refractivity contribution >= 4 is 18.3 Å². The predicted molar refractivity (Wildman–Crippen MR) is 68.7 cm³/mol. The standard InChI is InChI=1S/C12H16F2N2O.ClH/c1-12(2,16-11(17)7-15-3)8-4-5-9(13)10(14)6-8;/h4-6,15H,7H2,1-3H3,(H,16,17);1H. The Bertz CT molecular complexity index is 425. The summed E-state index contributed by atoms with van der Waals surface area (Å²) in [4.78, 5) is 11.4. The molecule has 0 atom stereocenters. The number of likely N-dealkylation sites (N-methyl/N-ethyl adjacent to an activating group) is 1. The second-order valence-corrected chi connectivity index (χ2v) is 4.33. The molecule has 0 heterocycles. The third-order valence-corrected chi connectivity index (χ3v) is 2.43. The van der Waals surface area contributed by atoms with Crippen molar-refractivity contribution in [2.45, 2.75) is 19.4 Å². The molecular weight excluding hydrogens is 262 g/mol. The van der Waals surface area contributed by atoms with Gasteiger partial charge in [0.15, 0.2) is 11.6 Å². The van der Waals surface area contributed by atoms with E-state index in [0.717, 1.165) is 12.1 Å². The Morgan fingerprint density at radius 2 is 1.89 bits per heavy atom. The quantitative estimate of drug-likeness (QED) is 0.884. The third kappa shape index (κ3) is 4.23. The van der Waals surface area contributed by atoms with Crippen LogP contribution >= 0.6 is 12.4 Å². The van der Waals surface area contributed by atoms with Crippen LogP contribution in [-0.2, 0) is 10.3 Å². The van der Waals surface area contributed by atoms with Gasteiger partial charge in [-0.25, -0.2) is 8.78 Å². The Labute approximate surface area is 111 Å². The van der Waals surface area contributed by atoms with Crippen molar-refractivity contribution in [1.29, 1.82) is 0 Å². The molecule has 0 aromatic heterocycles. The fourth-order valence-corrected chi connectivity index (χ4v) is 1.51. The highest BCUT2D eigenvalue weighted by Gasteiger charge is 2.23. The normalized spacial score (nSPS) is 10.7. The van der Waals surface area contributed by atoms with Gasteiger partial charge in [-0.05, 0) is 38.6 Å². The van der Waals surface area contributed by atoms with Crippen molar-refractivity contribution in [3.8, 4) is 0 Å². The van der Waals surface area contributed by atoms with E-state index in [-0.39, 0.29) is 24.9 Å². The van der Waals surface area contributed by atoms with Gasteiger partial charge in [-0.2, -0.15) is 0 Å². The van der Waals surface area contributed by atoms with E-state index in [9.17, 15) is 13.6 Å². The fraction of sp³-hybridized carbons (Fsp3) is 0.417. The first-order valence-electron chi connectivity index (χ1n) is 5.28. The molecule has 2 N–H and O–H groups in total. The number of halogens is 3. The van der Waals surface area contributed by atoms with Crippen molar-refractivity contribution in [2.75, 3.05) is 13.6 Å². The predicted octanol–water partition coefficient (Wildman–Crippen LogP) is 1.96. The SMILES string of the molecule is CNCC(=O)NC(C)(C)c1ccc(F)c(F)c1.Cl. The second-order valence-electron chi connectivity index (χ2n) is 4.33. The van der Waals surface area contributed by atoms with Crippen LogP contribution < -0.4 is 10.6 Å². The Morgan fingerprint density at radius 1 is 1.28 bits per heavy atom. The van der Waals surface area contributed by atoms with Gasteiger partial charge in [0, 0.05) is 0 Å². The molecule has 0 spiro atoms. The summed E-state index contributed by atoms with van der Waals surface area (Å²) in [5.74, 6) is -2.02. The Hall–Kier alpha value is -1.20. The maximum atomic E-state index is 13.1. The molecule has 1 amide bonds. The summed E-state index contributed by atoms with van der Waals surface area (Å²) >= 11 is 0. The van der Waals surface area contributed by atoms with Crippen LogP contribution in [0.25, 0.3) is 0 Å². The minimum atomic E-state index is -0.918. The third-order valence-electron chi connectivity index (χ3n) is 2.43. The van der Waals surface area contributed by atoms with E-state index in [1.807, 2.05) is 0 Å². The first-order valence-corrected chi connectivity index (χ1v) is 5.28. The number of hydrogen-bond donors (Lipinski definition) is 2. The van der Waals surface area contributed by atoms with Crippen LogP contribution in [0.15, 0.2) is 18.2 Å². The number of benzene rings is 1. The molecule has 102 valence electrons. The molecule has 0 unspecified atom stereocenters. The van der Waals surface area contributed by atoms with E-state index >= 15 is 0 Å².